The van der Waals surface area contributed by atoms with Crippen LogP contribution in [0.15, 0.2) is 12.2 Å². The topological polar surface area (TPSA) is 40.5 Å². The van der Waals surface area contributed by atoms with Crippen LogP contribution in [0.3, 0.4) is 0 Å². The minimum atomic E-state index is -0.661. The molecular formula is C31H61NO2. The summed E-state index contributed by atoms with van der Waals surface area (Å²) in [7, 11) is 4.46. The minimum absolute atomic E-state index is 0.330. The number of allylic oxidation sites excluding steroid dienone is 2. The molecule has 0 fully saturated rings. The third-order valence-electron chi connectivity index (χ3n) is 7.00. The average molecular weight is 480 g/mol. The zero-order chi connectivity index (χ0) is 25.1. The van der Waals surface area contributed by atoms with Gasteiger partial charge in [-0.2, -0.15) is 0 Å². The number of nitrogens with zero attached hydrogens (tertiary/aromatic N) is 1. The van der Waals surface area contributed by atoms with Gasteiger partial charge in [-0.25, -0.2) is 0 Å². The Kier molecular flexibility index (Phi) is 26.1. The molecule has 1 N–H and O–H groups in total. The summed E-state index contributed by atoms with van der Waals surface area (Å²) in [6.07, 6.45) is 34.3. The molecule has 0 rings (SSSR count). The van der Waals surface area contributed by atoms with Gasteiger partial charge in [-0.05, 0) is 65.0 Å². The lowest BCUT2D eigenvalue weighted by Gasteiger charge is -2.21. The Morgan fingerprint density at radius 3 is 1.50 bits per heavy atom. The summed E-state index contributed by atoms with van der Waals surface area (Å²) in [6, 6.07) is 0. The molecule has 0 amide bonds. The first-order valence-corrected chi connectivity index (χ1v) is 15.1. The summed E-state index contributed by atoms with van der Waals surface area (Å²) in [5, 5.41) is 8.62. The van der Waals surface area contributed by atoms with E-state index in [1.54, 1.807) is 0 Å². The number of hydrogen-bond donors (Lipinski definition) is 1. The van der Waals surface area contributed by atoms with E-state index in [9.17, 15) is 4.79 Å². The number of aliphatic carboxylic acids is 1. The van der Waals surface area contributed by atoms with Gasteiger partial charge in [0.1, 0.15) is 0 Å². The Hall–Kier alpha value is -0.830. The van der Waals surface area contributed by atoms with Crippen LogP contribution in [0.2, 0.25) is 0 Å². The molecule has 0 aliphatic rings. The molecule has 0 radical (unpaired) electrons. The smallest absolute Gasteiger partial charge is 0.303 e. The van der Waals surface area contributed by atoms with Crippen molar-refractivity contribution in [2.24, 2.45) is 5.92 Å². The molecule has 0 bridgehead atoms. The average Bonchev–Trinajstić information content (AvgIpc) is 2.79. The fraction of sp³-hybridized carbons (Fsp3) is 0.903. The third kappa shape index (κ3) is 27.4. The van der Waals surface area contributed by atoms with Gasteiger partial charge in [0.05, 0.1) is 0 Å². The Balaban J connectivity index is 3.43. The van der Waals surface area contributed by atoms with Crippen molar-refractivity contribution in [1.29, 1.82) is 0 Å². The fourth-order valence-electron chi connectivity index (χ4n) is 4.94. The first-order chi connectivity index (χ1) is 16.6. The maximum atomic E-state index is 10.5. The van der Waals surface area contributed by atoms with E-state index >= 15 is 0 Å². The molecule has 0 saturated carbocycles. The maximum absolute atomic E-state index is 10.5. The van der Waals surface area contributed by atoms with Crippen LogP contribution in [-0.2, 0) is 4.79 Å². The van der Waals surface area contributed by atoms with Crippen LogP contribution in [0.5, 0.6) is 0 Å². The van der Waals surface area contributed by atoms with E-state index in [1.165, 1.54) is 135 Å². The highest BCUT2D eigenvalue weighted by Crippen LogP contribution is 2.20. The summed E-state index contributed by atoms with van der Waals surface area (Å²) in [5.74, 6) is 0.249. The lowest BCUT2D eigenvalue weighted by Crippen LogP contribution is -2.21. The molecule has 3 nitrogen and oxygen atoms in total. The normalized spacial score (nSPS) is 12.7. The molecule has 0 saturated heterocycles. The van der Waals surface area contributed by atoms with Crippen molar-refractivity contribution in [3.63, 3.8) is 0 Å². The monoisotopic (exact) mass is 479 g/mol. The molecule has 0 aromatic rings. The first kappa shape index (κ1) is 33.2. The zero-order valence-electron chi connectivity index (χ0n) is 23.5. The molecule has 34 heavy (non-hydrogen) atoms. The van der Waals surface area contributed by atoms with Crippen molar-refractivity contribution in [2.45, 2.75) is 155 Å². The second kappa shape index (κ2) is 26.8. The van der Waals surface area contributed by atoms with Gasteiger partial charge < -0.3 is 10.0 Å². The number of carboxylic acid groups (broad SMARTS) is 1. The van der Waals surface area contributed by atoms with E-state index in [2.05, 4.69) is 38.1 Å². The van der Waals surface area contributed by atoms with E-state index in [-0.39, 0.29) is 0 Å². The van der Waals surface area contributed by atoms with Gasteiger partial charge >= 0.3 is 5.97 Å². The van der Waals surface area contributed by atoms with Crippen LogP contribution < -0.4 is 0 Å². The molecule has 0 aromatic heterocycles. The number of unbranched alkanes of at least 4 members (excludes halogenated alkanes) is 17. The summed E-state index contributed by atoms with van der Waals surface area (Å²) >= 11 is 0. The molecule has 3 heteroatoms. The second-order valence-electron chi connectivity index (χ2n) is 10.9. The molecule has 1 unspecified atom stereocenters. The van der Waals surface area contributed by atoms with Gasteiger partial charge in [-0.1, -0.05) is 115 Å². The molecule has 0 aromatic carbocycles. The van der Waals surface area contributed by atoms with E-state index in [0.717, 1.165) is 18.8 Å². The van der Waals surface area contributed by atoms with E-state index in [1.807, 2.05) is 0 Å². The molecule has 0 spiro atoms. The summed E-state index contributed by atoms with van der Waals surface area (Å²) in [5.41, 5.74) is 0. The van der Waals surface area contributed by atoms with Crippen molar-refractivity contribution < 1.29 is 9.90 Å². The highest BCUT2D eigenvalue weighted by atomic mass is 16.4. The van der Waals surface area contributed by atoms with Crippen molar-refractivity contribution in [1.82, 2.24) is 4.90 Å². The summed E-state index contributed by atoms with van der Waals surface area (Å²) < 4.78 is 0. The second-order valence-corrected chi connectivity index (χ2v) is 10.9. The highest BCUT2D eigenvalue weighted by molar-refractivity contribution is 5.66. The van der Waals surface area contributed by atoms with Crippen molar-refractivity contribution in [3.8, 4) is 0 Å². The Bertz CT molecular complexity index is 447. The van der Waals surface area contributed by atoms with Gasteiger partial charge in [0, 0.05) is 13.0 Å². The molecule has 0 aliphatic carbocycles. The van der Waals surface area contributed by atoms with Crippen molar-refractivity contribution in [3.05, 3.63) is 12.2 Å². The van der Waals surface area contributed by atoms with E-state index < -0.39 is 5.97 Å². The predicted molar refractivity (Wildman–Crippen MR) is 151 cm³/mol. The van der Waals surface area contributed by atoms with Crippen LogP contribution in [0.4, 0.5) is 0 Å². The minimum Gasteiger partial charge on any atom is -0.481 e. The number of carbonyl (C=O) groups is 1. The number of carboxylic acids is 1. The maximum Gasteiger partial charge on any atom is 0.303 e. The van der Waals surface area contributed by atoms with E-state index in [0.29, 0.717) is 6.42 Å². The van der Waals surface area contributed by atoms with Crippen LogP contribution in [-0.4, -0.2) is 36.6 Å². The molecule has 202 valence electrons. The van der Waals surface area contributed by atoms with Crippen LogP contribution in [0.1, 0.15) is 155 Å². The quantitative estimate of drug-likeness (QED) is 0.0941. The SMILES string of the molecule is CCCCCCCC(CCCCCCCCCCC=CCCCCCCCC(=O)O)CN(C)C. The number of hydrogen-bond acceptors (Lipinski definition) is 2. The Morgan fingerprint density at radius 2 is 1.06 bits per heavy atom. The Morgan fingerprint density at radius 1 is 0.647 bits per heavy atom. The first-order valence-electron chi connectivity index (χ1n) is 15.1. The predicted octanol–water partition coefficient (Wildman–Crippen LogP) is 9.80. The third-order valence-corrected chi connectivity index (χ3v) is 7.00. The molecule has 0 heterocycles. The largest absolute Gasteiger partial charge is 0.481 e. The standard InChI is InChI=1S/C31H61NO2/c1-4-5-6-20-23-26-30(29-32(2)3)27-24-21-18-16-14-12-10-8-7-9-11-13-15-17-19-22-25-28-31(33)34/h9,11,30H,4-8,10,12-29H2,1-3H3,(H,33,34). The molecular weight excluding hydrogens is 418 g/mol. The van der Waals surface area contributed by atoms with Crippen LogP contribution in [0, 0.1) is 5.92 Å². The highest BCUT2D eigenvalue weighted by Gasteiger charge is 2.09. The van der Waals surface area contributed by atoms with Gasteiger partial charge in [0.2, 0.25) is 0 Å². The van der Waals surface area contributed by atoms with Crippen molar-refractivity contribution in [2.75, 3.05) is 20.6 Å². The zero-order valence-corrected chi connectivity index (χ0v) is 23.5. The summed E-state index contributed by atoms with van der Waals surface area (Å²) in [4.78, 5) is 12.8. The fourth-order valence-corrected chi connectivity index (χ4v) is 4.94. The van der Waals surface area contributed by atoms with Gasteiger partial charge in [0.25, 0.3) is 0 Å². The molecule has 1 atom stereocenters. The lowest BCUT2D eigenvalue weighted by molar-refractivity contribution is -0.137. The molecule has 0 aliphatic heterocycles. The number of rotatable bonds is 27. The lowest BCUT2D eigenvalue weighted by atomic mass is 9.93. The Labute approximate surface area is 214 Å². The summed E-state index contributed by atoms with van der Waals surface area (Å²) in [6.45, 7) is 3.57. The van der Waals surface area contributed by atoms with Crippen LogP contribution >= 0.6 is 0 Å². The van der Waals surface area contributed by atoms with E-state index in [4.69, 9.17) is 5.11 Å². The van der Waals surface area contributed by atoms with Gasteiger partial charge in [-0.3, -0.25) is 4.79 Å². The van der Waals surface area contributed by atoms with Crippen molar-refractivity contribution >= 4 is 5.97 Å². The van der Waals surface area contributed by atoms with Crippen LogP contribution in [0.25, 0.3) is 0 Å². The van der Waals surface area contributed by atoms with Gasteiger partial charge in [-0.15, -0.1) is 0 Å². The van der Waals surface area contributed by atoms with Gasteiger partial charge in [0.15, 0.2) is 0 Å².